The van der Waals surface area contributed by atoms with E-state index in [1.807, 2.05) is 12.1 Å². The van der Waals surface area contributed by atoms with Crippen LogP contribution in [0.1, 0.15) is 41.3 Å². The third-order valence-electron chi connectivity index (χ3n) is 5.53. The Morgan fingerprint density at radius 1 is 1.17 bits per heavy atom. The van der Waals surface area contributed by atoms with Gasteiger partial charge in [0.15, 0.2) is 11.6 Å². The number of benzene rings is 2. The number of rotatable bonds is 12. The van der Waals surface area contributed by atoms with Crippen molar-refractivity contribution in [1.29, 1.82) is 0 Å². The van der Waals surface area contributed by atoms with Gasteiger partial charge in [-0.3, -0.25) is 0 Å². The Balaban J connectivity index is 2.09. The molecular formula is C28H29ClFNO5. The molecule has 8 heteroatoms. The SMILES string of the molecule is COCCOc1ccc(C(=O)O)c(-c2cc(C(CNCC(C)(C)O)c3cc#ccc3)ccc2Cl)c1F. The van der Waals surface area contributed by atoms with E-state index in [2.05, 4.69) is 17.4 Å². The molecule has 0 aromatic heterocycles. The van der Waals surface area contributed by atoms with Crippen molar-refractivity contribution in [3.8, 4) is 16.9 Å². The van der Waals surface area contributed by atoms with Crippen LogP contribution in [0.3, 0.4) is 0 Å². The maximum Gasteiger partial charge on any atom is 0.336 e. The number of hydrogen-bond donors (Lipinski definition) is 3. The summed E-state index contributed by atoms with van der Waals surface area (Å²) in [6.45, 7) is 4.57. The predicted molar refractivity (Wildman–Crippen MR) is 136 cm³/mol. The maximum absolute atomic E-state index is 15.6. The van der Waals surface area contributed by atoms with Gasteiger partial charge in [0.25, 0.3) is 0 Å². The van der Waals surface area contributed by atoms with E-state index in [4.69, 9.17) is 21.1 Å². The summed E-state index contributed by atoms with van der Waals surface area (Å²) in [6.07, 6.45) is 0. The van der Waals surface area contributed by atoms with Crippen molar-refractivity contribution in [2.45, 2.75) is 25.4 Å². The van der Waals surface area contributed by atoms with E-state index >= 15 is 4.39 Å². The molecule has 0 heterocycles. The Bertz CT molecular complexity index is 1180. The molecule has 3 aromatic rings. The summed E-state index contributed by atoms with van der Waals surface area (Å²) in [6, 6.07) is 19.0. The number of carboxylic acids is 1. The molecule has 0 fully saturated rings. The van der Waals surface area contributed by atoms with E-state index < -0.39 is 17.4 Å². The topological polar surface area (TPSA) is 88.0 Å². The molecule has 36 heavy (non-hydrogen) atoms. The van der Waals surface area contributed by atoms with Gasteiger partial charge in [0, 0.05) is 42.3 Å². The van der Waals surface area contributed by atoms with Crippen LogP contribution >= 0.6 is 11.6 Å². The van der Waals surface area contributed by atoms with E-state index in [0.717, 1.165) is 11.1 Å². The lowest BCUT2D eigenvalue weighted by Crippen LogP contribution is -2.36. The number of aromatic carboxylic acids is 1. The summed E-state index contributed by atoms with van der Waals surface area (Å²) in [5.41, 5.74) is 0.639. The number of halogens is 2. The van der Waals surface area contributed by atoms with Crippen molar-refractivity contribution in [2.24, 2.45) is 0 Å². The zero-order valence-corrected chi connectivity index (χ0v) is 21.2. The second-order valence-electron chi connectivity index (χ2n) is 8.95. The number of hydrogen-bond acceptors (Lipinski definition) is 5. The van der Waals surface area contributed by atoms with Crippen LogP contribution in [0.5, 0.6) is 5.75 Å². The van der Waals surface area contributed by atoms with E-state index in [9.17, 15) is 15.0 Å². The summed E-state index contributed by atoms with van der Waals surface area (Å²) in [7, 11) is 1.50. The van der Waals surface area contributed by atoms with Crippen LogP contribution in [-0.4, -0.2) is 55.2 Å². The highest BCUT2D eigenvalue weighted by Crippen LogP contribution is 2.39. The van der Waals surface area contributed by atoms with Crippen LogP contribution in [0.4, 0.5) is 4.39 Å². The number of carbonyl (C=O) groups is 1. The highest BCUT2D eigenvalue weighted by molar-refractivity contribution is 6.33. The van der Waals surface area contributed by atoms with Gasteiger partial charge in [-0.1, -0.05) is 29.8 Å². The second kappa shape index (κ2) is 12.2. The summed E-state index contributed by atoms with van der Waals surface area (Å²) in [5, 5.41) is 23.4. The monoisotopic (exact) mass is 513 g/mol. The standard InChI is InChI=1S/C28H29ClFNO5/c1-28(2,34)17-31-16-22(18-7-5-4-6-8-18)19-9-11-23(29)21(15-19)25-20(27(32)33)10-12-24(26(25)30)36-14-13-35-3/h5,7-12,15,22,31,34H,13-14,16-17H2,1-3H3,(H,32,33). The van der Waals surface area contributed by atoms with Crippen LogP contribution in [0.2, 0.25) is 5.02 Å². The van der Waals surface area contributed by atoms with Crippen molar-refractivity contribution in [2.75, 3.05) is 33.4 Å². The second-order valence-corrected chi connectivity index (χ2v) is 9.36. The molecule has 3 N–H and O–H groups in total. The van der Waals surface area contributed by atoms with Crippen molar-refractivity contribution < 1.29 is 28.9 Å². The molecule has 0 aliphatic heterocycles. The van der Waals surface area contributed by atoms with Gasteiger partial charge in [-0.2, -0.15) is 0 Å². The minimum Gasteiger partial charge on any atom is -0.488 e. The molecule has 3 rings (SSSR count). The first-order chi connectivity index (χ1) is 17.1. The Hall–Kier alpha value is -3.15. The van der Waals surface area contributed by atoms with Crippen LogP contribution in [0.25, 0.3) is 11.1 Å². The number of carboxylic acid groups (broad SMARTS) is 1. The fourth-order valence-electron chi connectivity index (χ4n) is 3.82. The van der Waals surface area contributed by atoms with Gasteiger partial charge in [-0.15, -0.1) is 0 Å². The van der Waals surface area contributed by atoms with Crippen LogP contribution in [-0.2, 0) is 4.74 Å². The summed E-state index contributed by atoms with van der Waals surface area (Å²) < 4.78 is 26.1. The maximum atomic E-state index is 15.6. The molecule has 0 saturated heterocycles. The zero-order chi connectivity index (χ0) is 26.3. The summed E-state index contributed by atoms with van der Waals surface area (Å²) >= 11 is 6.49. The molecule has 190 valence electrons. The number of ether oxygens (including phenoxy) is 2. The van der Waals surface area contributed by atoms with E-state index in [-0.39, 0.29) is 46.6 Å². The molecule has 6 nitrogen and oxygen atoms in total. The predicted octanol–water partition coefficient (Wildman–Crippen LogP) is 4.96. The lowest BCUT2D eigenvalue weighted by Gasteiger charge is -2.23. The zero-order valence-electron chi connectivity index (χ0n) is 20.4. The number of aliphatic hydroxyl groups is 1. The van der Waals surface area contributed by atoms with Gasteiger partial charge in [-0.05, 0) is 67.4 Å². The molecule has 3 aromatic carbocycles. The first-order valence-corrected chi connectivity index (χ1v) is 11.8. The minimum absolute atomic E-state index is 0.0925. The van der Waals surface area contributed by atoms with E-state index in [0.29, 0.717) is 13.1 Å². The van der Waals surface area contributed by atoms with Crippen molar-refractivity contribution >= 4 is 17.6 Å². The van der Waals surface area contributed by atoms with Crippen LogP contribution < -0.4 is 10.1 Å². The molecule has 0 spiro atoms. The number of nitrogens with one attached hydrogen (secondary N) is 1. The Morgan fingerprint density at radius 3 is 2.58 bits per heavy atom. The highest BCUT2D eigenvalue weighted by atomic mass is 35.5. The third kappa shape index (κ3) is 6.96. The number of methoxy groups -OCH3 is 1. The fourth-order valence-corrected chi connectivity index (χ4v) is 4.03. The molecule has 0 aliphatic carbocycles. The van der Waals surface area contributed by atoms with Gasteiger partial charge in [0.2, 0.25) is 0 Å². The average molecular weight is 514 g/mol. The lowest BCUT2D eigenvalue weighted by molar-refractivity contribution is 0.0696. The molecule has 0 amide bonds. The molecule has 1 unspecified atom stereocenters. The molecule has 0 saturated carbocycles. The summed E-state index contributed by atoms with van der Waals surface area (Å²) in [5.74, 6) is -2.41. The van der Waals surface area contributed by atoms with Gasteiger partial charge >= 0.3 is 5.97 Å². The Labute approximate surface area is 215 Å². The normalized spacial score (nSPS) is 12.2. The quantitative estimate of drug-likeness (QED) is 0.297. The minimum atomic E-state index is -1.29. The van der Waals surface area contributed by atoms with Crippen molar-refractivity contribution in [3.05, 3.63) is 88.2 Å². The smallest absolute Gasteiger partial charge is 0.336 e. The Morgan fingerprint density at radius 2 is 1.94 bits per heavy atom. The lowest BCUT2D eigenvalue weighted by atomic mass is 9.88. The highest BCUT2D eigenvalue weighted by Gasteiger charge is 2.24. The van der Waals surface area contributed by atoms with Crippen molar-refractivity contribution in [1.82, 2.24) is 5.32 Å². The van der Waals surface area contributed by atoms with Gasteiger partial charge in [-0.25, -0.2) is 9.18 Å². The molecule has 1 atom stereocenters. The third-order valence-corrected chi connectivity index (χ3v) is 5.86. The largest absolute Gasteiger partial charge is 0.488 e. The van der Waals surface area contributed by atoms with Crippen molar-refractivity contribution in [3.63, 3.8) is 0 Å². The molecule has 0 aliphatic rings. The summed E-state index contributed by atoms with van der Waals surface area (Å²) in [4.78, 5) is 12.0. The van der Waals surface area contributed by atoms with Gasteiger partial charge < -0.3 is 25.0 Å². The fraction of sp³-hybridized carbons (Fsp3) is 0.321. The molecule has 0 radical (unpaired) electrons. The van der Waals surface area contributed by atoms with Crippen LogP contribution in [0, 0.1) is 17.9 Å². The van der Waals surface area contributed by atoms with E-state index in [1.54, 1.807) is 38.1 Å². The molecule has 0 bridgehead atoms. The van der Waals surface area contributed by atoms with Gasteiger partial charge in [0.05, 0.1) is 17.8 Å². The van der Waals surface area contributed by atoms with Gasteiger partial charge in [0.1, 0.15) is 6.61 Å². The molecular weight excluding hydrogens is 485 g/mol. The first kappa shape index (κ1) is 27.4. The Kier molecular flexibility index (Phi) is 9.30. The average Bonchev–Trinajstić information content (AvgIpc) is 2.83. The first-order valence-electron chi connectivity index (χ1n) is 11.4. The van der Waals surface area contributed by atoms with Crippen LogP contribution in [0.15, 0.2) is 48.5 Å². The van der Waals surface area contributed by atoms with E-state index in [1.165, 1.54) is 19.2 Å².